The highest BCUT2D eigenvalue weighted by Gasteiger charge is 2.61. The van der Waals surface area contributed by atoms with Crippen LogP contribution in [-0.4, -0.2) is 37.1 Å². The van der Waals surface area contributed by atoms with Gasteiger partial charge in [-0.25, -0.2) is 4.39 Å². The van der Waals surface area contributed by atoms with Gasteiger partial charge in [0.25, 0.3) is 0 Å². The van der Waals surface area contributed by atoms with Crippen molar-refractivity contribution in [3.05, 3.63) is 65.0 Å². The number of rotatable bonds is 5. The number of esters is 1. The third-order valence-corrected chi connectivity index (χ3v) is 5.34. The molecule has 0 aromatic heterocycles. The Balaban J connectivity index is 0.000000466. The first-order valence-corrected chi connectivity index (χ1v) is 11.3. The Hall–Kier alpha value is -3.00. The smallest absolute Gasteiger partial charge is 0.425 e. The number of hydrogen-bond donors (Lipinski definition) is 1. The van der Waals surface area contributed by atoms with Gasteiger partial charge in [-0.2, -0.15) is 13.2 Å². The molecule has 0 aliphatic heterocycles. The molecule has 1 N–H and O–H groups in total. The molecule has 0 fully saturated rings. The number of fused-ring (bicyclic) bond motifs is 3. The lowest BCUT2D eigenvalue weighted by molar-refractivity contribution is -0.246. The van der Waals surface area contributed by atoms with E-state index < -0.39 is 23.2 Å². The number of carbonyl (C=O) groups is 1. The molecule has 1 unspecified atom stereocenters. The molecule has 0 heterocycles. The normalized spacial score (nSPS) is 17.3. The molecule has 0 radical (unpaired) electrons. The van der Waals surface area contributed by atoms with Crippen molar-refractivity contribution in [3.63, 3.8) is 0 Å². The standard InChI is InChI=1S/C21H19F4NO.C6H12O2/c1-12(2)8-13(11-26-3)16-9-14(22)10-18-19(16)15-6-4-5-7-17(15)20(18,27)21(23,24)25;1-4-8-6(7)5(2)3/h4-12,27H,1-3H3;5H,4H2,1-3H3/b13-8+,26-11?;. The third-order valence-electron chi connectivity index (χ3n) is 5.34. The minimum Gasteiger partial charge on any atom is -0.466 e. The summed E-state index contributed by atoms with van der Waals surface area (Å²) < 4.78 is 60.8. The molecule has 0 spiro atoms. The second-order valence-corrected chi connectivity index (χ2v) is 8.79. The number of carbonyl (C=O) groups excluding carboxylic acids is 1. The fraction of sp³-hybridized carbons (Fsp3) is 0.407. The van der Waals surface area contributed by atoms with Crippen molar-refractivity contribution in [2.24, 2.45) is 16.8 Å². The molecule has 2 aromatic rings. The summed E-state index contributed by atoms with van der Waals surface area (Å²) in [6.07, 6.45) is -1.71. The molecule has 0 amide bonds. The molecule has 2 aromatic carbocycles. The third kappa shape index (κ3) is 5.81. The van der Waals surface area contributed by atoms with E-state index in [9.17, 15) is 27.5 Å². The number of alkyl halides is 3. The summed E-state index contributed by atoms with van der Waals surface area (Å²) in [5.74, 6) is -0.893. The van der Waals surface area contributed by atoms with Crippen LogP contribution >= 0.6 is 0 Å². The van der Waals surface area contributed by atoms with E-state index in [0.29, 0.717) is 12.2 Å². The number of allylic oxidation sites excluding steroid dienone is 2. The molecule has 1 atom stereocenters. The maximum absolute atomic E-state index is 14.4. The second kappa shape index (κ2) is 11.2. The molecule has 0 bridgehead atoms. The largest absolute Gasteiger partial charge is 0.466 e. The van der Waals surface area contributed by atoms with E-state index >= 15 is 0 Å². The number of benzene rings is 2. The van der Waals surface area contributed by atoms with Crippen LogP contribution in [0.5, 0.6) is 0 Å². The first-order valence-electron chi connectivity index (χ1n) is 11.3. The summed E-state index contributed by atoms with van der Waals surface area (Å²) in [7, 11) is 1.54. The molecular formula is C27H31F4NO3. The summed E-state index contributed by atoms with van der Waals surface area (Å²) in [6, 6.07) is 7.71. The van der Waals surface area contributed by atoms with E-state index in [-0.39, 0.29) is 40.1 Å². The Morgan fingerprint density at radius 2 is 1.77 bits per heavy atom. The van der Waals surface area contributed by atoms with Crippen molar-refractivity contribution in [1.29, 1.82) is 0 Å². The Bertz CT molecular complexity index is 1120. The fourth-order valence-corrected chi connectivity index (χ4v) is 3.89. The number of aliphatic imine (C=N–C) groups is 1. The Labute approximate surface area is 203 Å². The van der Waals surface area contributed by atoms with E-state index in [1.54, 1.807) is 19.1 Å². The molecule has 8 heteroatoms. The number of hydrogen-bond acceptors (Lipinski definition) is 4. The number of ether oxygens (including phenoxy) is 1. The van der Waals surface area contributed by atoms with Gasteiger partial charge in [-0.1, -0.05) is 58.0 Å². The van der Waals surface area contributed by atoms with Gasteiger partial charge in [-0.3, -0.25) is 9.79 Å². The Morgan fingerprint density at radius 1 is 1.14 bits per heavy atom. The van der Waals surface area contributed by atoms with E-state index in [2.05, 4.69) is 9.73 Å². The highest BCUT2D eigenvalue weighted by Crippen LogP contribution is 2.56. The first-order chi connectivity index (χ1) is 16.3. The van der Waals surface area contributed by atoms with Crippen LogP contribution in [0.2, 0.25) is 0 Å². The molecule has 1 aliphatic carbocycles. The van der Waals surface area contributed by atoms with E-state index in [4.69, 9.17) is 0 Å². The Morgan fingerprint density at radius 3 is 2.26 bits per heavy atom. The van der Waals surface area contributed by atoms with Crippen molar-refractivity contribution in [2.45, 2.75) is 46.4 Å². The number of halogens is 4. The molecule has 0 saturated heterocycles. The summed E-state index contributed by atoms with van der Waals surface area (Å²) >= 11 is 0. The minimum absolute atomic E-state index is 0.00921. The summed E-state index contributed by atoms with van der Waals surface area (Å²) in [6.45, 7) is 9.74. The fourth-order valence-electron chi connectivity index (χ4n) is 3.89. The zero-order chi connectivity index (χ0) is 26.6. The summed E-state index contributed by atoms with van der Waals surface area (Å²) in [5.41, 5.74) is -2.86. The monoisotopic (exact) mass is 493 g/mol. The number of aliphatic hydroxyl groups is 1. The predicted molar refractivity (Wildman–Crippen MR) is 130 cm³/mol. The van der Waals surface area contributed by atoms with Crippen LogP contribution in [0.15, 0.2) is 47.5 Å². The van der Waals surface area contributed by atoms with Gasteiger partial charge in [0.05, 0.1) is 12.5 Å². The zero-order valence-electron chi connectivity index (χ0n) is 20.7. The molecule has 3 rings (SSSR count). The molecule has 4 nitrogen and oxygen atoms in total. The lowest BCUT2D eigenvalue weighted by atomic mass is 9.88. The molecule has 0 saturated carbocycles. The van der Waals surface area contributed by atoms with E-state index in [1.165, 1.54) is 37.5 Å². The highest BCUT2D eigenvalue weighted by atomic mass is 19.4. The minimum atomic E-state index is -5.00. The molecule has 190 valence electrons. The van der Waals surface area contributed by atoms with Gasteiger partial charge in [0.2, 0.25) is 5.60 Å². The topological polar surface area (TPSA) is 58.9 Å². The molecule has 1 aliphatic rings. The maximum Gasteiger partial charge on any atom is 0.425 e. The van der Waals surface area contributed by atoms with Crippen molar-refractivity contribution >= 4 is 17.8 Å². The van der Waals surface area contributed by atoms with Crippen LogP contribution in [0.25, 0.3) is 16.7 Å². The van der Waals surface area contributed by atoms with Crippen LogP contribution in [0, 0.1) is 17.7 Å². The van der Waals surface area contributed by atoms with E-state index in [1.807, 2.05) is 27.7 Å². The van der Waals surface area contributed by atoms with Gasteiger partial charge in [0.15, 0.2) is 0 Å². The predicted octanol–water partition coefficient (Wildman–Crippen LogP) is 6.55. The van der Waals surface area contributed by atoms with Crippen LogP contribution in [0.4, 0.5) is 17.6 Å². The van der Waals surface area contributed by atoms with Gasteiger partial charge in [0.1, 0.15) is 5.82 Å². The SMILES string of the molecule is CCOC(=O)C(C)C.CN=C/C(=C\C(C)C)c1cc(F)cc2c1-c1ccccc1C2(O)C(F)(F)F. The van der Waals surface area contributed by atoms with E-state index in [0.717, 1.165) is 6.07 Å². The second-order valence-electron chi connectivity index (χ2n) is 8.79. The molecular weight excluding hydrogens is 462 g/mol. The van der Waals surface area contributed by atoms with Crippen LogP contribution in [0.1, 0.15) is 51.3 Å². The average molecular weight is 494 g/mol. The van der Waals surface area contributed by atoms with Crippen LogP contribution in [0.3, 0.4) is 0 Å². The number of nitrogens with zero attached hydrogens (tertiary/aromatic N) is 1. The summed E-state index contributed by atoms with van der Waals surface area (Å²) in [5, 5.41) is 10.7. The maximum atomic E-state index is 14.4. The van der Waals surface area contributed by atoms with Crippen molar-refractivity contribution in [1.82, 2.24) is 0 Å². The Kier molecular flexibility index (Phi) is 9.00. The van der Waals surface area contributed by atoms with Gasteiger partial charge >= 0.3 is 12.1 Å². The molecule has 35 heavy (non-hydrogen) atoms. The van der Waals surface area contributed by atoms with Crippen molar-refractivity contribution < 1.29 is 32.2 Å². The lowest BCUT2D eigenvalue weighted by Gasteiger charge is -2.28. The van der Waals surface area contributed by atoms with Crippen LogP contribution in [-0.2, 0) is 15.1 Å². The van der Waals surface area contributed by atoms with Gasteiger partial charge in [0, 0.05) is 24.4 Å². The highest BCUT2D eigenvalue weighted by molar-refractivity contribution is 6.13. The van der Waals surface area contributed by atoms with Gasteiger partial charge in [-0.05, 0) is 47.2 Å². The van der Waals surface area contributed by atoms with Gasteiger partial charge in [-0.15, -0.1) is 0 Å². The first kappa shape index (κ1) is 28.2. The lowest BCUT2D eigenvalue weighted by Crippen LogP contribution is -2.41. The van der Waals surface area contributed by atoms with Crippen molar-refractivity contribution in [3.8, 4) is 11.1 Å². The zero-order valence-corrected chi connectivity index (χ0v) is 20.7. The average Bonchev–Trinajstić information content (AvgIpc) is 3.03. The van der Waals surface area contributed by atoms with Gasteiger partial charge < -0.3 is 9.84 Å². The quantitative estimate of drug-likeness (QED) is 0.292. The summed E-state index contributed by atoms with van der Waals surface area (Å²) in [4.78, 5) is 14.5. The van der Waals surface area contributed by atoms with Crippen LogP contribution < -0.4 is 0 Å². The van der Waals surface area contributed by atoms with Crippen molar-refractivity contribution in [2.75, 3.05) is 13.7 Å².